The normalized spacial score (nSPS) is 14.3. The van der Waals surface area contributed by atoms with E-state index >= 15 is 0 Å². The van der Waals surface area contributed by atoms with Gasteiger partial charge in [-0.2, -0.15) is 9.03 Å². The first-order chi connectivity index (χ1) is 6.87. The molecule has 15 heavy (non-hydrogen) atoms. The molecule has 0 bridgehead atoms. The topological polar surface area (TPSA) is 56.1 Å². The average Bonchev–Trinajstić information content (AvgIpc) is 2.15. The quantitative estimate of drug-likeness (QED) is 0.414. The van der Waals surface area contributed by atoms with Gasteiger partial charge in [-0.3, -0.25) is 0 Å². The maximum Gasteiger partial charge on any atom is 0.197 e. The van der Waals surface area contributed by atoms with Crippen molar-refractivity contribution in [1.29, 1.82) is 5.26 Å². The van der Waals surface area contributed by atoms with E-state index < -0.39 is 8.53 Å². The van der Waals surface area contributed by atoms with E-state index in [0.717, 1.165) is 0 Å². The zero-order chi connectivity index (χ0) is 12.1. The maximum absolute atomic E-state index is 11.9. The lowest BCUT2D eigenvalue weighted by Crippen LogP contribution is -2.47. The van der Waals surface area contributed by atoms with E-state index in [-0.39, 0.29) is 28.9 Å². The van der Waals surface area contributed by atoms with Gasteiger partial charge < -0.3 is 9.42 Å². The Kier molecular flexibility index (Phi) is 6.66. The maximum atomic E-state index is 11.9. The van der Waals surface area contributed by atoms with Crippen LogP contribution in [0.5, 0.6) is 0 Å². The highest BCUT2D eigenvalue weighted by molar-refractivity contribution is 7.39. The molecule has 0 aromatic rings. The molecule has 4 nitrogen and oxygen atoms in total. The Morgan fingerprint density at radius 3 is 2.20 bits per heavy atom. The minimum Gasteiger partial charge on any atom is -0.757 e. The van der Waals surface area contributed by atoms with Crippen LogP contribution in [0.2, 0.25) is 0 Å². The van der Waals surface area contributed by atoms with Crippen LogP contribution < -0.4 is 4.89 Å². The molecule has 0 spiro atoms. The van der Waals surface area contributed by atoms with Gasteiger partial charge in [0.1, 0.15) is 12.1 Å². The van der Waals surface area contributed by atoms with Crippen LogP contribution in [0.25, 0.3) is 0 Å². The molecule has 0 heterocycles. The molecule has 0 N–H and O–H groups in total. The molecular formula is C9H18ClN2O2P. The first kappa shape index (κ1) is 15.1. The molecule has 88 valence electrons. The largest absolute Gasteiger partial charge is 0.757 e. The number of quaternary nitrogens is 1. The van der Waals surface area contributed by atoms with Gasteiger partial charge in [0.25, 0.3) is 0 Å². The fourth-order valence-corrected chi connectivity index (χ4v) is 2.54. The van der Waals surface area contributed by atoms with Gasteiger partial charge >= 0.3 is 0 Å². The summed E-state index contributed by atoms with van der Waals surface area (Å²) in [7, 11) is -2.01. The highest BCUT2D eigenvalue weighted by Crippen LogP contribution is 2.48. The van der Waals surface area contributed by atoms with Gasteiger partial charge in [0.05, 0.1) is 19.1 Å². The Bertz CT molecular complexity index is 223. The number of nitrogens with zero attached hydrogens (tertiary/aromatic N) is 2. The van der Waals surface area contributed by atoms with Gasteiger partial charge in [0, 0.05) is 0 Å². The zero-order valence-electron chi connectivity index (χ0n) is 9.61. The number of halogens is 1. The van der Waals surface area contributed by atoms with E-state index in [1.54, 1.807) is 0 Å². The lowest BCUT2D eigenvalue weighted by Gasteiger charge is -2.44. The molecule has 0 aliphatic heterocycles. The van der Waals surface area contributed by atoms with Gasteiger partial charge in [-0.25, -0.2) is 0 Å². The summed E-state index contributed by atoms with van der Waals surface area (Å²) < 4.78 is 4.96. The minimum absolute atomic E-state index is 0.00244. The first-order valence-corrected chi connectivity index (χ1v) is 6.39. The number of rotatable bonds is 6. The van der Waals surface area contributed by atoms with E-state index in [1.807, 2.05) is 33.8 Å². The van der Waals surface area contributed by atoms with Gasteiger partial charge in [-0.05, 0) is 27.7 Å². The van der Waals surface area contributed by atoms with Gasteiger partial charge in [-0.15, -0.1) is 0 Å². The molecule has 0 fully saturated rings. The van der Waals surface area contributed by atoms with Gasteiger partial charge in [0.2, 0.25) is 0 Å². The van der Waals surface area contributed by atoms with E-state index in [0.29, 0.717) is 0 Å². The SMILES string of the molecule is CC(C)[N+](Cl)(C(C)C)P([O-])OCCC#N. The van der Waals surface area contributed by atoms with Crippen LogP contribution in [0.1, 0.15) is 34.1 Å². The predicted octanol–water partition coefficient (Wildman–Crippen LogP) is 2.29. The summed E-state index contributed by atoms with van der Waals surface area (Å²) in [5.41, 5.74) is 0. The van der Waals surface area contributed by atoms with E-state index in [2.05, 4.69) is 0 Å². The summed E-state index contributed by atoms with van der Waals surface area (Å²) in [5.74, 6) is 0. The summed E-state index contributed by atoms with van der Waals surface area (Å²) >= 11 is 6.28. The molecule has 6 heteroatoms. The second-order valence-corrected chi connectivity index (χ2v) is 6.01. The van der Waals surface area contributed by atoms with Crippen molar-refractivity contribution < 1.29 is 13.2 Å². The molecule has 0 aliphatic carbocycles. The molecule has 1 unspecified atom stereocenters. The third kappa shape index (κ3) is 3.86. The molecule has 0 aromatic carbocycles. The average molecular weight is 253 g/mol. The van der Waals surface area contributed by atoms with Crippen LogP contribution >= 0.6 is 20.3 Å². The molecule has 0 radical (unpaired) electrons. The van der Waals surface area contributed by atoms with Crippen molar-refractivity contribution in [2.24, 2.45) is 0 Å². The lowest BCUT2D eigenvalue weighted by atomic mass is 10.3. The second-order valence-electron chi connectivity index (χ2n) is 3.82. The monoisotopic (exact) mass is 252 g/mol. The Hall–Kier alpha value is 0.0900. The molecule has 0 aliphatic rings. The van der Waals surface area contributed by atoms with Crippen molar-refractivity contribution in [3.05, 3.63) is 0 Å². The summed E-state index contributed by atoms with van der Waals surface area (Å²) in [6.07, 6.45) is 0.230. The number of hydrogen-bond acceptors (Lipinski definition) is 3. The molecule has 0 saturated heterocycles. The number of nitriles is 1. The summed E-state index contributed by atoms with van der Waals surface area (Å²) in [6, 6.07) is 1.92. The van der Waals surface area contributed by atoms with Gasteiger partial charge in [0.15, 0.2) is 20.3 Å². The van der Waals surface area contributed by atoms with Crippen molar-refractivity contribution in [2.75, 3.05) is 6.61 Å². The van der Waals surface area contributed by atoms with Crippen LogP contribution in [0, 0.1) is 11.3 Å². The lowest BCUT2D eigenvalue weighted by molar-refractivity contribution is -0.759. The third-order valence-electron chi connectivity index (χ3n) is 2.11. The van der Waals surface area contributed by atoms with Crippen molar-refractivity contribution in [1.82, 2.24) is 0 Å². The zero-order valence-corrected chi connectivity index (χ0v) is 11.3. The Labute approximate surface area is 98.1 Å². The highest BCUT2D eigenvalue weighted by Gasteiger charge is 2.38. The van der Waals surface area contributed by atoms with Crippen molar-refractivity contribution >= 4 is 20.3 Å². The molecular weight excluding hydrogens is 235 g/mol. The second kappa shape index (κ2) is 6.62. The smallest absolute Gasteiger partial charge is 0.197 e. The van der Waals surface area contributed by atoms with E-state index in [9.17, 15) is 4.89 Å². The van der Waals surface area contributed by atoms with Crippen molar-refractivity contribution in [3.8, 4) is 6.07 Å². The summed E-state index contributed by atoms with van der Waals surface area (Å²) in [4.78, 5) is 11.9. The first-order valence-electron chi connectivity index (χ1n) is 4.93. The van der Waals surface area contributed by atoms with Crippen LogP contribution in [-0.4, -0.2) is 22.5 Å². The fraction of sp³-hybridized carbons (Fsp3) is 0.889. The van der Waals surface area contributed by atoms with Crippen LogP contribution in [0.4, 0.5) is 0 Å². The van der Waals surface area contributed by atoms with Crippen molar-refractivity contribution in [2.45, 2.75) is 46.2 Å². The highest BCUT2D eigenvalue weighted by atomic mass is 35.5. The Morgan fingerprint density at radius 2 is 1.87 bits per heavy atom. The molecule has 0 amide bonds. The minimum atomic E-state index is -2.01. The molecule has 0 rings (SSSR count). The van der Waals surface area contributed by atoms with E-state index in [4.69, 9.17) is 21.6 Å². The fourth-order valence-electron chi connectivity index (χ4n) is 1.23. The Morgan fingerprint density at radius 1 is 1.40 bits per heavy atom. The van der Waals surface area contributed by atoms with Crippen LogP contribution in [0.15, 0.2) is 0 Å². The van der Waals surface area contributed by atoms with Gasteiger partial charge in [-0.1, -0.05) is 0 Å². The molecule has 0 saturated carbocycles. The van der Waals surface area contributed by atoms with Crippen molar-refractivity contribution in [3.63, 3.8) is 0 Å². The van der Waals surface area contributed by atoms with E-state index in [1.165, 1.54) is 0 Å². The Balaban J connectivity index is 4.44. The summed E-state index contributed by atoms with van der Waals surface area (Å²) in [6.45, 7) is 7.75. The van der Waals surface area contributed by atoms with Crippen LogP contribution in [-0.2, 0) is 4.52 Å². The molecule has 1 atom stereocenters. The standard InChI is InChI=1S/C9H18ClN2O2P/c1-8(2)12(10,9(3)4)15(13)14-7-5-6-11/h8-9H,5,7H2,1-4H3. The summed E-state index contributed by atoms with van der Waals surface area (Å²) in [5, 5.41) is 8.34. The van der Waals surface area contributed by atoms with Crippen LogP contribution in [0.3, 0.4) is 0 Å². The number of hydrogen-bond donors (Lipinski definition) is 0. The predicted molar refractivity (Wildman–Crippen MR) is 59.5 cm³/mol. The molecule has 0 aromatic heterocycles. The third-order valence-corrected chi connectivity index (χ3v) is 5.09.